The Labute approximate surface area is 74.6 Å². The number of carbonyl (C=O) groups excluding carboxylic acids is 1. The smallest absolute Gasteiger partial charge is 0.305 e. The topological polar surface area (TPSA) is 35.5 Å². The zero-order chi connectivity index (χ0) is 8.48. The minimum Gasteiger partial charge on any atom is -0.433 e. The number of carbonyl (C=O) groups is 1. The first-order valence-electron chi connectivity index (χ1n) is 3.19. The molecule has 1 aliphatic rings. The molecule has 0 radical (unpaired) electrons. The number of rotatable bonds is 1. The van der Waals surface area contributed by atoms with E-state index in [-0.39, 0.29) is 0 Å². The molecule has 1 rings (SSSR count). The lowest BCUT2D eigenvalue weighted by Gasteiger charge is -2.19. The Morgan fingerprint density at radius 2 is 2.36 bits per heavy atom. The summed E-state index contributed by atoms with van der Waals surface area (Å²) in [6, 6.07) is 0. The van der Waals surface area contributed by atoms with E-state index in [0.717, 1.165) is 0 Å². The highest BCUT2D eigenvalue weighted by atomic mass is 35.5. The molecule has 1 aliphatic heterocycles. The summed E-state index contributed by atoms with van der Waals surface area (Å²) in [5.74, 6) is -0.442. The normalized spacial score (nSPS) is 28.5. The molecule has 3 nitrogen and oxygen atoms in total. The molecule has 0 aromatic carbocycles. The monoisotopic (exact) mass is 198 g/mol. The predicted octanol–water partition coefficient (Wildman–Crippen LogP) is 1.47. The highest BCUT2D eigenvalue weighted by Crippen LogP contribution is 2.37. The van der Waals surface area contributed by atoms with Gasteiger partial charge in [-0.1, -0.05) is 23.2 Å². The van der Waals surface area contributed by atoms with E-state index in [0.29, 0.717) is 13.0 Å². The maximum Gasteiger partial charge on any atom is 0.305 e. The summed E-state index contributed by atoms with van der Waals surface area (Å²) >= 11 is 11.5. The molecule has 0 unspecified atom stereocenters. The van der Waals surface area contributed by atoms with E-state index in [1.54, 1.807) is 0 Å². The largest absolute Gasteiger partial charge is 0.433 e. The average molecular weight is 199 g/mol. The third kappa shape index (κ3) is 2.22. The van der Waals surface area contributed by atoms with Crippen LogP contribution < -0.4 is 0 Å². The number of ether oxygens (including phenoxy) is 2. The van der Waals surface area contributed by atoms with E-state index < -0.39 is 16.6 Å². The molecule has 0 aliphatic carbocycles. The van der Waals surface area contributed by atoms with Gasteiger partial charge in [-0.3, -0.25) is 4.79 Å². The van der Waals surface area contributed by atoms with Crippen LogP contribution in [-0.2, 0) is 14.3 Å². The molecule has 1 atom stereocenters. The standard InChI is InChI=1S/C6H8Cl2O3/c1-4(9)11-5-6(7,8)2-3-10-5/h5H,2-3H2,1H3/t5-/m0/s1. The molecule has 11 heavy (non-hydrogen) atoms. The summed E-state index contributed by atoms with van der Waals surface area (Å²) in [6.07, 6.45) is -0.336. The Morgan fingerprint density at radius 1 is 1.73 bits per heavy atom. The van der Waals surface area contributed by atoms with Crippen LogP contribution in [0.3, 0.4) is 0 Å². The van der Waals surface area contributed by atoms with Gasteiger partial charge in [-0.05, 0) is 0 Å². The molecular formula is C6H8Cl2O3. The summed E-state index contributed by atoms with van der Waals surface area (Å²) in [5, 5.41) is 0. The van der Waals surface area contributed by atoms with Crippen LogP contribution >= 0.6 is 23.2 Å². The Hall–Kier alpha value is 0.01000. The summed E-state index contributed by atoms with van der Waals surface area (Å²) in [7, 11) is 0. The van der Waals surface area contributed by atoms with Crippen LogP contribution in [0.15, 0.2) is 0 Å². The van der Waals surface area contributed by atoms with Gasteiger partial charge in [0.1, 0.15) is 0 Å². The fraction of sp³-hybridized carbons (Fsp3) is 0.833. The molecule has 0 N–H and O–H groups in total. The zero-order valence-corrected chi connectivity index (χ0v) is 7.48. The fourth-order valence-corrected chi connectivity index (χ4v) is 1.18. The molecule has 0 aromatic rings. The molecule has 0 bridgehead atoms. The molecule has 0 spiro atoms. The number of alkyl halides is 2. The molecular weight excluding hydrogens is 191 g/mol. The lowest BCUT2D eigenvalue weighted by Crippen LogP contribution is -2.30. The molecule has 5 heteroatoms. The number of halogens is 2. The molecule has 1 fully saturated rings. The van der Waals surface area contributed by atoms with Gasteiger partial charge in [0.25, 0.3) is 0 Å². The average Bonchev–Trinajstić information content (AvgIpc) is 2.10. The predicted molar refractivity (Wildman–Crippen MR) is 40.6 cm³/mol. The van der Waals surface area contributed by atoms with Gasteiger partial charge in [0.05, 0.1) is 6.61 Å². The zero-order valence-electron chi connectivity index (χ0n) is 5.97. The maximum atomic E-state index is 10.5. The summed E-state index contributed by atoms with van der Waals surface area (Å²) < 4.78 is 8.60. The van der Waals surface area contributed by atoms with Crippen LogP contribution in [0.25, 0.3) is 0 Å². The van der Waals surface area contributed by atoms with Gasteiger partial charge in [0, 0.05) is 13.3 Å². The van der Waals surface area contributed by atoms with E-state index >= 15 is 0 Å². The quantitative estimate of drug-likeness (QED) is 0.473. The van der Waals surface area contributed by atoms with E-state index in [1.807, 2.05) is 0 Å². The Balaban J connectivity index is 2.51. The SMILES string of the molecule is CC(=O)O[C@@H]1OCCC1(Cl)Cl. The van der Waals surface area contributed by atoms with Crippen LogP contribution in [0.1, 0.15) is 13.3 Å². The molecule has 1 saturated heterocycles. The lowest BCUT2D eigenvalue weighted by molar-refractivity contribution is -0.167. The van der Waals surface area contributed by atoms with Crippen molar-refractivity contribution in [2.75, 3.05) is 6.61 Å². The Kier molecular flexibility index (Phi) is 2.62. The van der Waals surface area contributed by atoms with Crippen molar-refractivity contribution in [2.45, 2.75) is 24.0 Å². The first kappa shape index (κ1) is 9.10. The molecule has 1 heterocycles. The van der Waals surface area contributed by atoms with Gasteiger partial charge in [-0.25, -0.2) is 0 Å². The van der Waals surface area contributed by atoms with E-state index in [2.05, 4.69) is 0 Å². The number of esters is 1. The lowest BCUT2D eigenvalue weighted by atomic mass is 10.3. The van der Waals surface area contributed by atoms with Gasteiger partial charge in [-0.2, -0.15) is 0 Å². The van der Waals surface area contributed by atoms with Crippen LogP contribution in [0, 0.1) is 0 Å². The second-order valence-corrected chi connectivity index (χ2v) is 3.87. The molecule has 0 saturated carbocycles. The first-order valence-corrected chi connectivity index (χ1v) is 3.94. The van der Waals surface area contributed by atoms with Crippen molar-refractivity contribution in [3.63, 3.8) is 0 Å². The maximum absolute atomic E-state index is 10.5. The van der Waals surface area contributed by atoms with Gasteiger partial charge < -0.3 is 9.47 Å². The highest BCUT2D eigenvalue weighted by molar-refractivity contribution is 6.49. The van der Waals surface area contributed by atoms with E-state index in [4.69, 9.17) is 32.7 Å². The number of hydrogen-bond donors (Lipinski definition) is 0. The van der Waals surface area contributed by atoms with Gasteiger partial charge >= 0.3 is 5.97 Å². The third-order valence-corrected chi connectivity index (χ3v) is 2.06. The molecule has 0 aromatic heterocycles. The van der Waals surface area contributed by atoms with Crippen molar-refractivity contribution >= 4 is 29.2 Å². The van der Waals surface area contributed by atoms with Crippen LogP contribution in [0.4, 0.5) is 0 Å². The van der Waals surface area contributed by atoms with Crippen molar-refractivity contribution in [3.05, 3.63) is 0 Å². The Bertz CT molecular complexity index is 169. The number of hydrogen-bond acceptors (Lipinski definition) is 3. The van der Waals surface area contributed by atoms with Crippen LogP contribution in [-0.4, -0.2) is 23.2 Å². The van der Waals surface area contributed by atoms with Crippen molar-refractivity contribution in [2.24, 2.45) is 0 Å². The highest BCUT2D eigenvalue weighted by Gasteiger charge is 2.43. The van der Waals surface area contributed by atoms with Gasteiger partial charge in [-0.15, -0.1) is 0 Å². The van der Waals surface area contributed by atoms with Gasteiger partial charge in [0.2, 0.25) is 6.29 Å². The van der Waals surface area contributed by atoms with Crippen LogP contribution in [0.2, 0.25) is 0 Å². The van der Waals surface area contributed by atoms with Crippen molar-refractivity contribution in [1.82, 2.24) is 0 Å². The molecule has 64 valence electrons. The Morgan fingerprint density at radius 3 is 2.73 bits per heavy atom. The first-order chi connectivity index (χ1) is 5.02. The van der Waals surface area contributed by atoms with Crippen molar-refractivity contribution in [1.29, 1.82) is 0 Å². The van der Waals surface area contributed by atoms with Gasteiger partial charge in [0.15, 0.2) is 4.33 Å². The second kappa shape index (κ2) is 3.17. The van der Waals surface area contributed by atoms with Crippen LogP contribution in [0.5, 0.6) is 0 Å². The fourth-order valence-electron chi connectivity index (χ4n) is 0.813. The summed E-state index contributed by atoms with van der Waals surface area (Å²) in [6.45, 7) is 1.70. The van der Waals surface area contributed by atoms with Crippen molar-refractivity contribution in [3.8, 4) is 0 Å². The second-order valence-electron chi connectivity index (χ2n) is 2.32. The van der Waals surface area contributed by atoms with E-state index in [9.17, 15) is 4.79 Å². The molecule has 0 amide bonds. The summed E-state index contributed by atoms with van der Waals surface area (Å²) in [5.41, 5.74) is 0. The summed E-state index contributed by atoms with van der Waals surface area (Å²) in [4.78, 5) is 10.5. The minimum absolute atomic E-state index is 0.422. The minimum atomic E-state index is -1.08. The third-order valence-electron chi connectivity index (χ3n) is 1.32. The van der Waals surface area contributed by atoms with Crippen molar-refractivity contribution < 1.29 is 14.3 Å². The van der Waals surface area contributed by atoms with E-state index in [1.165, 1.54) is 6.92 Å².